The van der Waals surface area contributed by atoms with Crippen LogP contribution in [0, 0.1) is 0 Å². The summed E-state index contributed by atoms with van der Waals surface area (Å²) in [5.41, 5.74) is 15.0. The van der Waals surface area contributed by atoms with Crippen LogP contribution in [-0.4, -0.2) is 29.3 Å². The van der Waals surface area contributed by atoms with Gasteiger partial charge in [0.15, 0.2) is 15.5 Å². The van der Waals surface area contributed by atoms with Crippen molar-refractivity contribution in [2.45, 2.75) is 29.7 Å². The highest BCUT2D eigenvalue weighted by Gasteiger charge is 2.34. The molecule has 0 saturated heterocycles. The molecule has 1 saturated carbocycles. The molecule has 0 bridgehead atoms. The molecule has 0 spiro atoms. The van der Waals surface area contributed by atoms with Crippen molar-refractivity contribution in [2.24, 2.45) is 5.73 Å². The van der Waals surface area contributed by atoms with Crippen LogP contribution < -0.4 is 5.73 Å². The fourth-order valence-corrected chi connectivity index (χ4v) is 6.20. The Balaban J connectivity index is 1.36. The number of hydrogen-bond acceptors (Lipinski definition) is 5. The molecule has 0 radical (unpaired) electrons. The van der Waals surface area contributed by atoms with E-state index >= 15 is 0 Å². The van der Waals surface area contributed by atoms with E-state index in [0.29, 0.717) is 4.90 Å². The van der Waals surface area contributed by atoms with Gasteiger partial charge in [-0.25, -0.2) is 17.9 Å². The Morgan fingerprint density at radius 1 is 0.800 bits per heavy atom. The maximum absolute atomic E-state index is 11.9. The van der Waals surface area contributed by atoms with E-state index < -0.39 is 9.84 Å². The molecular weight excluding hydrogens is 516 g/mol. The maximum atomic E-state index is 11.9. The smallest absolute Gasteiger partial charge is 0.175 e. The van der Waals surface area contributed by atoms with Crippen molar-refractivity contribution in [3.05, 3.63) is 109 Å². The first-order valence-corrected chi connectivity index (χ1v) is 15.3. The van der Waals surface area contributed by atoms with Gasteiger partial charge >= 0.3 is 0 Å². The zero-order chi connectivity index (χ0) is 27.5. The third-order valence-corrected chi connectivity index (χ3v) is 9.20. The molecule has 6 nitrogen and oxygen atoms in total. The molecule has 1 aliphatic carbocycles. The molecule has 1 aliphatic rings. The number of benzene rings is 4. The summed E-state index contributed by atoms with van der Waals surface area (Å²) < 4.78 is 25.6. The standard InChI is InChI=1S/C33H28N4O2S/c1-40(38,39)27-15-10-22(11-16-27)25-12-17-28-30(20-25)36-37-21-29(23-6-3-2-4-7-23)31(35-32(28)37)24-8-13-26(14-9-24)33(34)18-5-19-33/h2-4,6-17,20-21H,5,18-19,34H2,1H3. The number of nitrogens with two attached hydrogens (primary N) is 1. The zero-order valence-electron chi connectivity index (χ0n) is 22.1. The largest absolute Gasteiger partial charge is 0.321 e. The van der Waals surface area contributed by atoms with Gasteiger partial charge in [-0.2, -0.15) is 5.10 Å². The summed E-state index contributed by atoms with van der Waals surface area (Å²) in [4.78, 5) is 5.48. The van der Waals surface area contributed by atoms with Crippen LogP contribution in [0.2, 0.25) is 0 Å². The van der Waals surface area contributed by atoms with Crippen LogP contribution in [0.1, 0.15) is 24.8 Å². The molecule has 2 aromatic heterocycles. The number of aromatic nitrogens is 3. The summed E-state index contributed by atoms with van der Waals surface area (Å²) >= 11 is 0. The minimum absolute atomic E-state index is 0.206. The van der Waals surface area contributed by atoms with Gasteiger partial charge in [0.2, 0.25) is 0 Å². The average molecular weight is 545 g/mol. The summed E-state index contributed by atoms with van der Waals surface area (Å²) in [6.45, 7) is 0. The summed E-state index contributed by atoms with van der Waals surface area (Å²) in [6.07, 6.45) is 6.50. The van der Waals surface area contributed by atoms with E-state index in [1.54, 1.807) is 12.1 Å². The second kappa shape index (κ2) is 9.11. The number of sulfone groups is 1. The molecule has 0 atom stereocenters. The van der Waals surface area contributed by atoms with Crippen LogP contribution in [-0.2, 0) is 15.4 Å². The lowest BCUT2D eigenvalue weighted by atomic mass is 9.72. The highest BCUT2D eigenvalue weighted by Crippen LogP contribution is 2.40. The molecule has 1 fully saturated rings. The first-order valence-electron chi connectivity index (χ1n) is 13.4. The van der Waals surface area contributed by atoms with E-state index in [4.69, 9.17) is 15.8 Å². The Bertz CT molecular complexity index is 1990. The van der Waals surface area contributed by atoms with Crippen LogP contribution in [0.25, 0.3) is 50.1 Å². The van der Waals surface area contributed by atoms with Gasteiger partial charge in [0.1, 0.15) is 0 Å². The highest BCUT2D eigenvalue weighted by atomic mass is 32.2. The van der Waals surface area contributed by atoms with Crippen LogP contribution in [0.5, 0.6) is 0 Å². The van der Waals surface area contributed by atoms with E-state index in [-0.39, 0.29) is 5.54 Å². The third-order valence-electron chi connectivity index (χ3n) is 8.07. The van der Waals surface area contributed by atoms with E-state index in [0.717, 1.165) is 62.9 Å². The molecule has 0 unspecified atom stereocenters. The molecule has 40 heavy (non-hydrogen) atoms. The number of nitrogens with zero attached hydrogens (tertiary/aromatic N) is 3. The molecule has 7 rings (SSSR count). The van der Waals surface area contributed by atoms with Crippen molar-refractivity contribution >= 4 is 26.4 Å². The second-order valence-corrected chi connectivity index (χ2v) is 12.8. The van der Waals surface area contributed by atoms with Gasteiger partial charge in [0.05, 0.1) is 16.1 Å². The highest BCUT2D eigenvalue weighted by molar-refractivity contribution is 7.90. The normalized spacial score (nSPS) is 14.8. The molecule has 0 aliphatic heterocycles. The minimum atomic E-state index is -3.25. The van der Waals surface area contributed by atoms with Crippen LogP contribution in [0.3, 0.4) is 0 Å². The van der Waals surface area contributed by atoms with Crippen LogP contribution in [0.4, 0.5) is 0 Å². The zero-order valence-corrected chi connectivity index (χ0v) is 22.9. The van der Waals surface area contributed by atoms with Gasteiger partial charge in [-0.1, -0.05) is 72.8 Å². The van der Waals surface area contributed by atoms with Crippen molar-refractivity contribution in [3.8, 4) is 33.5 Å². The SMILES string of the molecule is CS(=O)(=O)c1ccc(-c2ccc3c(c2)nn2cc(-c4ccccc4)c(-c4ccc(C5(N)CCC5)cc4)nc32)cc1. The van der Waals surface area contributed by atoms with Crippen molar-refractivity contribution in [2.75, 3.05) is 6.26 Å². The first kappa shape index (κ1) is 24.7. The molecule has 2 N–H and O–H groups in total. The van der Waals surface area contributed by atoms with Crippen molar-refractivity contribution < 1.29 is 8.42 Å². The van der Waals surface area contributed by atoms with Gasteiger partial charge < -0.3 is 5.73 Å². The molecular formula is C33H28N4O2S. The van der Waals surface area contributed by atoms with E-state index in [9.17, 15) is 8.42 Å². The number of fused-ring (bicyclic) bond motifs is 3. The Morgan fingerprint density at radius 2 is 1.48 bits per heavy atom. The van der Waals surface area contributed by atoms with Gasteiger partial charge in [-0.3, -0.25) is 0 Å². The summed E-state index contributed by atoms with van der Waals surface area (Å²) in [5.74, 6) is 0. The lowest BCUT2D eigenvalue weighted by molar-refractivity contribution is 0.253. The maximum Gasteiger partial charge on any atom is 0.175 e. The van der Waals surface area contributed by atoms with Gasteiger partial charge in [0, 0.05) is 34.5 Å². The summed E-state index contributed by atoms with van der Waals surface area (Å²) in [7, 11) is -3.25. The summed E-state index contributed by atoms with van der Waals surface area (Å²) in [6, 6.07) is 31.8. The lowest BCUT2D eigenvalue weighted by Crippen LogP contribution is -2.43. The second-order valence-electron chi connectivity index (χ2n) is 10.8. The van der Waals surface area contributed by atoms with Crippen molar-refractivity contribution in [3.63, 3.8) is 0 Å². The minimum Gasteiger partial charge on any atom is -0.321 e. The summed E-state index contributed by atoms with van der Waals surface area (Å²) in [5, 5.41) is 5.83. The van der Waals surface area contributed by atoms with Crippen LogP contribution in [0.15, 0.2) is 108 Å². The Kier molecular flexibility index (Phi) is 5.63. The third kappa shape index (κ3) is 4.18. The fraction of sp³-hybridized carbons (Fsp3) is 0.152. The Morgan fingerprint density at radius 3 is 2.12 bits per heavy atom. The molecule has 0 amide bonds. The van der Waals surface area contributed by atoms with Crippen molar-refractivity contribution in [1.82, 2.24) is 14.6 Å². The molecule has 2 heterocycles. The van der Waals surface area contributed by atoms with Gasteiger partial charge in [-0.15, -0.1) is 0 Å². The first-order chi connectivity index (χ1) is 19.3. The Hall–Kier alpha value is -4.33. The fourth-order valence-electron chi connectivity index (χ4n) is 5.57. The predicted octanol–water partition coefficient (Wildman–Crippen LogP) is 6.62. The number of hydrogen-bond donors (Lipinski definition) is 1. The lowest BCUT2D eigenvalue weighted by Gasteiger charge is -2.38. The van der Waals surface area contributed by atoms with E-state index in [1.807, 2.05) is 53.0 Å². The number of rotatable bonds is 5. The predicted molar refractivity (Wildman–Crippen MR) is 160 cm³/mol. The average Bonchev–Trinajstić information content (AvgIpc) is 3.32. The van der Waals surface area contributed by atoms with Crippen LogP contribution >= 0.6 is 0 Å². The van der Waals surface area contributed by atoms with Crippen molar-refractivity contribution in [1.29, 1.82) is 0 Å². The molecule has 7 heteroatoms. The molecule has 198 valence electrons. The van der Waals surface area contributed by atoms with Gasteiger partial charge in [-0.05, 0) is 65.8 Å². The quantitative estimate of drug-likeness (QED) is 0.263. The Labute approximate surface area is 233 Å². The van der Waals surface area contributed by atoms with E-state index in [2.05, 4.69) is 42.6 Å². The van der Waals surface area contributed by atoms with E-state index in [1.165, 1.54) is 18.2 Å². The topological polar surface area (TPSA) is 90.3 Å². The monoisotopic (exact) mass is 544 g/mol. The molecule has 6 aromatic rings. The van der Waals surface area contributed by atoms with Gasteiger partial charge in [0.25, 0.3) is 0 Å². The molecule has 4 aromatic carbocycles.